The summed E-state index contributed by atoms with van der Waals surface area (Å²) in [7, 11) is 2.56. The Kier molecular flexibility index (Phi) is 1.63. The molecule has 0 atom stereocenters. The standard InChI is InChI=1S/C7H7N3O5/c1-8-4-3(15-7(13)10(4)14)5(11)9(2)6(8)12/h14H,1-2H3. The third kappa shape index (κ3) is 0.981. The molecule has 2 heterocycles. The van der Waals surface area contributed by atoms with Crippen molar-refractivity contribution in [3.8, 4) is 0 Å². The van der Waals surface area contributed by atoms with Crippen LogP contribution in [-0.2, 0) is 14.1 Å². The van der Waals surface area contributed by atoms with E-state index in [0.29, 0.717) is 0 Å². The Morgan fingerprint density at radius 2 is 1.73 bits per heavy atom. The summed E-state index contributed by atoms with van der Waals surface area (Å²) in [5.74, 6) is -1.11. The third-order valence-electron chi connectivity index (χ3n) is 2.16. The second-order valence-corrected chi connectivity index (χ2v) is 3.04. The topological polar surface area (TPSA) is 99.4 Å². The maximum Gasteiger partial charge on any atom is 0.454 e. The molecule has 0 aliphatic carbocycles. The van der Waals surface area contributed by atoms with Crippen molar-refractivity contribution in [2.45, 2.75) is 0 Å². The van der Waals surface area contributed by atoms with Crippen molar-refractivity contribution >= 4 is 11.2 Å². The molecule has 0 amide bonds. The number of oxazole rings is 1. The van der Waals surface area contributed by atoms with Crippen LogP contribution in [0.3, 0.4) is 0 Å². The van der Waals surface area contributed by atoms with Gasteiger partial charge in [0.25, 0.3) is 0 Å². The molecule has 2 aromatic heterocycles. The van der Waals surface area contributed by atoms with Gasteiger partial charge >= 0.3 is 17.0 Å². The summed E-state index contributed by atoms with van der Waals surface area (Å²) in [5, 5.41) is 9.22. The Labute approximate surface area is 81.2 Å². The lowest BCUT2D eigenvalue weighted by atomic mass is 10.5. The number of hydrogen-bond donors (Lipinski definition) is 1. The van der Waals surface area contributed by atoms with Gasteiger partial charge in [-0.05, 0) is 0 Å². The minimum absolute atomic E-state index is 0.123. The predicted octanol–water partition coefficient (Wildman–Crippen LogP) is -1.77. The number of fused-ring (bicyclic) bond motifs is 1. The van der Waals surface area contributed by atoms with Crippen LogP contribution >= 0.6 is 0 Å². The van der Waals surface area contributed by atoms with E-state index < -0.39 is 17.0 Å². The number of aromatic nitrogens is 3. The molecule has 0 fully saturated rings. The molecule has 0 saturated carbocycles. The van der Waals surface area contributed by atoms with Crippen LogP contribution in [0.15, 0.2) is 18.8 Å². The van der Waals surface area contributed by atoms with Crippen molar-refractivity contribution < 1.29 is 9.62 Å². The maximum absolute atomic E-state index is 11.5. The van der Waals surface area contributed by atoms with Gasteiger partial charge in [0.1, 0.15) is 0 Å². The van der Waals surface area contributed by atoms with Crippen LogP contribution < -0.4 is 17.0 Å². The molecule has 0 spiro atoms. The first-order valence-corrected chi connectivity index (χ1v) is 3.96. The van der Waals surface area contributed by atoms with Crippen molar-refractivity contribution in [3.05, 3.63) is 31.4 Å². The number of hydrogen-bond acceptors (Lipinski definition) is 5. The highest BCUT2D eigenvalue weighted by Gasteiger charge is 2.17. The predicted molar refractivity (Wildman–Crippen MR) is 48.1 cm³/mol. The first kappa shape index (κ1) is 9.31. The van der Waals surface area contributed by atoms with Crippen LogP contribution in [0.2, 0.25) is 0 Å². The van der Waals surface area contributed by atoms with Crippen LogP contribution in [0, 0.1) is 0 Å². The fourth-order valence-corrected chi connectivity index (χ4v) is 1.35. The van der Waals surface area contributed by atoms with E-state index in [-0.39, 0.29) is 16.0 Å². The Balaban J connectivity index is 3.30. The normalized spacial score (nSPS) is 11.1. The molecule has 2 rings (SSSR count). The van der Waals surface area contributed by atoms with Gasteiger partial charge in [0.15, 0.2) is 0 Å². The first-order valence-electron chi connectivity index (χ1n) is 3.96. The molecule has 8 nitrogen and oxygen atoms in total. The molecule has 15 heavy (non-hydrogen) atoms. The van der Waals surface area contributed by atoms with Gasteiger partial charge in [-0.2, -0.15) is 0 Å². The van der Waals surface area contributed by atoms with Gasteiger partial charge < -0.3 is 9.62 Å². The van der Waals surface area contributed by atoms with E-state index in [1.807, 2.05) is 0 Å². The van der Waals surface area contributed by atoms with E-state index in [0.717, 1.165) is 9.13 Å². The average Bonchev–Trinajstić information content (AvgIpc) is 2.50. The molecule has 8 heteroatoms. The van der Waals surface area contributed by atoms with Crippen molar-refractivity contribution in [1.29, 1.82) is 0 Å². The lowest BCUT2D eigenvalue weighted by molar-refractivity contribution is 0.169. The summed E-state index contributed by atoms with van der Waals surface area (Å²) in [5.41, 5.74) is -2.03. The Morgan fingerprint density at radius 1 is 1.13 bits per heavy atom. The van der Waals surface area contributed by atoms with Crippen LogP contribution in [-0.4, -0.2) is 19.1 Å². The van der Waals surface area contributed by atoms with Crippen LogP contribution in [0.4, 0.5) is 0 Å². The zero-order valence-electron chi connectivity index (χ0n) is 7.92. The minimum Gasteiger partial charge on any atom is -0.421 e. The summed E-state index contributed by atoms with van der Waals surface area (Å²) in [6.07, 6.45) is 0. The quantitative estimate of drug-likeness (QED) is 0.522. The van der Waals surface area contributed by atoms with Gasteiger partial charge in [-0.1, -0.05) is 4.73 Å². The van der Waals surface area contributed by atoms with E-state index >= 15 is 0 Å². The van der Waals surface area contributed by atoms with Gasteiger partial charge in [-0.15, -0.1) is 0 Å². The molecule has 2 aromatic rings. The highest BCUT2D eigenvalue weighted by Crippen LogP contribution is 2.01. The molecule has 0 aromatic carbocycles. The van der Waals surface area contributed by atoms with E-state index in [1.165, 1.54) is 14.1 Å². The molecule has 0 bridgehead atoms. The summed E-state index contributed by atoms with van der Waals surface area (Å²) in [6.45, 7) is 0. The molecular formula is C7H7N3O5. The van der Waals surface area contributed by atoms with Crippen molar-refractivity contribution in [1.82, 2.24) is 13.9 Å². The molecule has 0 unspecified atom stereocenters. The summed E-state index contributed by atoms with van der Waals surface area (Å²) in [6, 6.07) is 0. The Morgan fingerprint density at radius 3 is 2.33 bits per heavy atom. The van der Waals surface area contributed by atoms with Crippen molar-refractivity contribution in [2.75, 3.05) is 0 Å². The van der Waals surface area contributed by atoms with Crippen LogP contribution in [0.1, 0.15) is 0 Å². The highest BCUT2D eigenvalue weighted by atomic mass is 16.5. The molecule has 1 N–H and O–H groups in total. The van der Waals surface area contributed by atoms with E-state index in [4.69, 9.17) is 0 Å². The van der Waals surface area contributed by atoms with Gasteiger partial charge in [-0.3, -0.25) is 13.9 Å². The summed E-state index contributed by atoms with van der Waals surface area (Å²) >= 11 is 0. The summed E-state index contributed by atoms with van der Waals surface area (Å²) < 4.78 is 6.36. The van der Waals surface area contributed by atoms with Crippen LogP contribution in [0.5, 0.6) is 0 Å². The van der Waals surface area contributed by atoms with Gasteiger partial charge in [0.2, 0.25) is 11.2 Å². The lowest BCUT2D eigenvalue weighted by Gasteiger charge is -2.01. The number of aryl methyl sites for hydroxylation is 1. The lowest BCUT2D eigenvalue weighted by Crippen LogP contribution is -2.37. The first-order chi connectivity index (χ1) is 6.95. The second-order valence-electron chi connectivity index (χ2n) is 3.04. The summed E-state index contributed by atoms with van der Waals surface area (Å²) in [4.78, 5) is 33.8. The maximum atomic E-state index is 11.5. The molecule has 0 aliphatic rings. The fourth-order valence-electron chi connectivity index (χ4n) is 1.35. The number of nitrogens with zero attached hydrogens (tertiary/aromatic N) is 3. The zero-order valence-corrected chi connectivity index (χ0v) is 7.92. The van der Waals surface area contributed by atoms with Crippen molar-refractivity contribution in [3.63, 3.8) is 0 Å². The highest BCUT2D eigenvalue weighted by molar-refractivity contribution is 5.66. The van der Waals surface area contributed by atoms with Crippen LogP contribution in [0.25, 0.3) is 11.2 Å². The average molecular weight is 213 g/mol. The second kappa shape index (κ2) is 2.62. The monoisotopic (exact) mass is 213 g/mol. The van der Waals surface area contributed by atoms with E-state index in [1.54, 1.807) is 0 Å². The molecule has 0 saturated heterocycles. The molecule has 0 aliphatic heterocycles. The fraction of sp³-hybridized carbons (Fsp3) is 0.286. The SMILES string of the molecule is Cn1c(=O)c2oc(=O)n(O)c2n(C)c1=O. The third-order valence-corrected chi connectivity index (χ3v) is 2.16. The van der Waals surface area contributed by atoms with E-state index in [2.05, 4.69) is 4.42 Å². The Bertz CT molecular complexity index is 713. The zero-order chi connectivity index (χ0) is 11.3. The van der Waals surface area contributed by atoms with Gasteiger partial charge in [-0.25, -0.2) is 9.59 Å². The largest absolute Gasteiger partial charge is 0.454 e. The molecule has 80 valence electrons. The van der Waals surface area contributed by atoms with Gasteiger partial charge in [0, 0.05) is 14.1 Å². The molecular weight excluding hydrogens is 206 g/mol. The minimum atomic E-state index is -1.11. The number of rotatable bonds is 0. The Hall–Kier alpha value is -2.25. The smallest absolute Gasteiger partial charge is 0.421 e. The van der Waals surface area contributed by atoms with E-state index in [9.17, 15) is 19.6 Å². The van der Waals surface area contributed by atoms with Crippen molar-refractivity contribution in [2.24, 2.45) is 14.1 Å². The van der Waals surface area contributed by atoms with Gasteiger partial charge in [0.05, 0.1) is 0 Å². The molecule has 0 radical (unpaired) electrons.